The van der Waals surface area contributed by atoms with Gasteiger partial charge in [0.15, 0.2) is 5.76 Å². The predicted octanol–water partition coefficient (Wildman–Crippen LogP) is 3.03. The molecule has 0 unspecified atom stereocenters. The first kappa shape index (κ1) is 11.5. The molecule has 1 aromatic carbocycles. The molecule has 1 amide bonds. The van der Waals surface area contributed by atoms with Gasteiger partial charge in [-0.05, 0) is 31.5 Å². The molecule has 2 heterocycles. The van der Waals surface area contributed by atoms with Gasteiger partial charge in [0.25, 0.3) is 5.91 Å². The smallest absolute Gasteiger partial charge is 0.291 e. The van der Waals surface area contributed by atoms with E-state index in [1.807, 2.05) is 32.0 Å². The van der Waals surface area contributed by atoms with Crippen LogP contribution in [-0.2, 0) is 0 Å². The molecular formula is C14H13N3O2. The van der Waals surface area contributed by atoms with E-state index in [1.165, 1.54) is 0 Å². The highest BCUT2D eigenvalue weighted by atomic mass is 16.3. The van der Waals surface area contributed by atoms with Crippen molar-refractivity contribution in [2.75, 3.05) is 5.32 Å². The Bertz CT molecular complexity index is 755. The maximum absolute atomic E-state index is 12.1. The zero-order valence-electron chi connectivity index (χ0n) is 10.7. The van der Waals surface area contributed by atoms with Gasteiger partial charge >= 0.3 is 0 Å². The number of benzene rings is 1. The third-order valence-corrected chi connectivity index (χ3v) is 2.98. The quantitative estimate of drug-likeness (QED) is 0.739. The third kappa shape index (κ3) is 2.10. The largest absolute Gasteiger partial charge is 0.451 e. The number of carbonyl (C=O) groups is 1. The molecule has 3 rings (SSSR count). The lowest BCUT2D eigenvalue weighted by Crippen LogP contribution is -2.10. The van der Waals surface area contributed by atoms with Crippen molar-refractivity contribution < 1.29 is 9.21 Å². The second-order valence-corrected chi connectivity index (χ2v) is 4.51. The Balaban J connectivity index is 1.91. The zero-order valence-corrected chi connectivity index (χ0v) is 10.7. The molecule has 5 heteroatoms. The number of aromatic amines is 1. The van der Waals surface area contributed by atoms with Crippen molar-refractivity contribution in [1.82, 2.24) is 10.2 Å². The summed E-state index contributed by atoms with van der Waals surface area (Å²) in [6.45, 7) is 3.82. The van der Waals surface area contributed by atoms with Crippen LogP contribution in [0.5, 0.6) is 0 Å². The molecule has 0 saturated heterocycles. The molecule has 5 nitrogen and oxygen atoms in total. The Morgan fingerprint density at radius 1 is 1.32 bits per heavy atom. The van der Waals surface area contributed by atoms with Crippen molar-refractivity contribution in [3.63, 3.8) is 0 Å². The van der Waals surface area contributed by atoms with Crippen LogP contribution in [0.4, 0.5) is 5.69 Å². The lowest BCUT2D eigenvalue weighted by atomic mass is 10.2. The monoisotopic (exact) mass is 255 g/mol. The number of nitrogens with zero attached hydrogens (tertiary/aromatic N) is 1. The molecule has 0 aliphatic heterocycles. The third-order valence-electron chi connectivity index (χ3n) is 2.98. The number of carbonyl (C=O) groups excluding carboxylic acids is 1. The van der Waals surface area contributed by atoms with Crippen LogP contribution in [-0.4, -0.2) is 16.1 Å². The van der Waals surface area contributed by atoms with Crippen LogP contribution in [0.2, 0.25) is 0 Å². The Morgan fingerprint density at radius 3 is 2.89 bits per heavy atom. The van der Waals surface area contributed by atoms with E-state index in [4.69, 9.17) is 4.42 Å². The molecule has 0 aliphatic carbocycles. The summed E-state index contributed by atoms with van der Waals surface area (Å²) in [4.78, 5) is 12.1. The first-order valence-corrected chi connectivity index (χ1v) is 5.95. The first-order valence-electron chi connectivity index (χ1n) is 5.95. The van der Waals surface area contributed by atoms with E-state index in [1.54, 1.807) is 12.3 Å². The van der Waals surface area contributed by atoms with Crippen molar-refractivity contribution in [1.29, 1.82) is 0 Å². The minimum absolute atomic E-state index is 0.279. The summed E-state index contributed by atoms with van der Waals surface area (Å²) in [6, 6.07) is 7.57. The highest BCUT2D eigenvalue weighted by Crippen LogP contribution is 2.21. The Hall–Kier alpha value is -2.56. The number of H-pyrrole nitrogens is 1. The van der Waals surface area contributed by atoms with Gasteiger partial charge in [-0.15, -0.1) is 0 Å². The second-order valence-electron chi connectivity index (χ2n) is 4.51. The Labute approximate surface area is 109 Å². The van der Waals surface area contributed by atoms with E-state index in [-0.39, 0.29) is 5.91 Å². The summed E-state index contributed by atoms with van der Waals surface area (Å²) < 4.78 is 5.56. The van der Waals surface area contributed by atoms with Crippen LogP contribution in [0.25, 0.3) is 11.0 Å². The fourth-order valence-corrected chi connectivity index (χ4v) is 1.91. The van der Waals surface area contributed by atoms with E-state index in [0.717, 1.165) is 16.6 Å². The molecule has 0 aliphatic rings. The molecule has 0 radical (unpaired) electrons. The van der Waals surface area contributed by atoms with Crippen molar-refractivity contribution in [2.45, 2.75) is 13.8 Å². The Kier molecular flexibility index (Phi) is 2.59. The molecule has 0 fully saturated rings. The SMILES string of the molecule is Cc1ccc2cc(C(=O)Nc3cn[nH]c3C)oc2c1. The lowest BCUT2D eigenvalue weighted by molar-refractivity contribution is 0.0998. The van der Waals surface area contributed by atoms with Gasteiger partial charge < -0.3 is 9.73 Å². The highest BCUT2D eigenvalue weighted by molar-refractivity contribution is 6.04. The fraction of sp³-hybridized carbons (Fsp3) is 0.143. The molecule has 19 heavy (non-hydrogen) atoms. The number of rotatable bonds is 2. The summed E-state index contributed by atoms with van der Waals surface area (Å²) in [7, 11) is 0. The number of fused-ring (bicyclic) bond motifs is 1. The predicted molar refractivity (Wildman–Crippen MR) is 72.2 cm³/mol. The van der Waals surface area contributed by atoms with Crippen molar-refractivity contribution in [3.8, 4) is 0 Å². The maximum atomic E-state index is 12.1. The van der Waals surface area contributed by atoms with Crippen LogP contribution >= 0.6 is 0 Å². The van der Waals surface area contributed by atoms with E-state index in [2.05, 4.69) is 15.5 Å². The normalized spacial score (nSPS) is 10.8. The molecule has 0 bridgehead atoms. The van der Waals surface area contributed by atoms with Crippen molar-refractivity contribution in [2.24, 2.45) is 0 Å². The van der Waals surface area contributed by atoms with Gasteiger partial charge in [-0.1, -0.05) is 12.1 Å². The number of nitrogens with one attached hydrogen (secondary N) is 2. The average Bonchev–Trinajstić information content (AvgIpc) is 2.96. The van der Waals surface area contributed by atoms with E-state index >= 15 is 0 Å². The summed E-state index contributed by atoms with van der Waals surface area (Å²) in [5, 5.41) is 10.3. The van der Waals surface area contributed by atoms with Gasteiger partial charge in [-0.3, -0.25) is 9.89 Å². The van der Waals surface area contributed by atoms with Crippen LogP contribution in [0.1, 0.15) is 21.8 Å². The number of aromatic nitrogens is 2. The van der Waals surface area contributed by atoms with Gasteiger partial charge in [0.1, 0.15) is 5.58 Å². The number of anilines is 1. The van der Waals surface area contributed by atoms with Crippen LogP contribution in [0, 0.1) is 13.8 Å². The van der Waals surface area contributed by atoms with Crippen molar-refractivity contribution in [3.05, 3.63) is 47.5 Å². The number of furan rings is 1. The van der Waals surface area contributed by atoms with E-state index < -0.39 is 0 Å². The minimum atomic E-state index is -0.279. The zero-order chi connectivity index (χ0) is 13.4. The first-order chi connectivity index (χ1) is 9.13. The fourth-order valence-electron chi connectivity index (χ4n) is 1.91. The Morgan fingerprint density at radius 2 is 2.16 bits per heavy atom. The van der Waals surface area contributed by atoms with Gasteiger partial charge in [0.2, 0.25) is 0 Å². The summed E-state index contributed by atoms with van der Waals surface area (Å²) in [6.07, 6.45) is 1.57. The minimum Gasteiger partial charge on any atom is -0.451 e. The summed E-state index contributed by atoms with van der Waals surface area (Å²) >= 11 is 0. The molecule has 2 aromatic heterocycles. The average molecular weight is 255 g/mol. The van der Waals surface area contributed by atoms with Crippen LogP contribution in [0.3, 0.4) is 0 Å². The van der Waals surface area contributed by atoms with E-state index in [0.29, 0.717) is 17.0 Å². The standard InChI is InChI=1S/C14H13N3O2/c1-8-3-4-10-6-13(19-12(10)5-8)14(18)16-11-7-15-17-9(11)2/h3-7H,1-2H3,(H,15,17)(H,16,18). The summed E-state index contributed by atoms with van der Waals surface area (Å²) in [5.74, 6) is 0.0135. The number of hydrogen-bond donors (Lipinski definition) is 2. The van der Waals surface area contributed by atoms with E-state index in [9.17, 15) is 4.79 Å². The van der Waals surface area contributed by atoms with Gasteiger partial charge in [-0.2, -0.15) is 5.10 Å². The highest BCUT2D eigenvalue weighted by Gasteiger charge is 2.14. The molecule has 3 aromatic rings. The van der Waals surface area contributed by atoms with Crippen molar-refractivity contribution >= 4 is 22.6 Å². The lowest BCUT2D eigenvalue weighted by Gasteiger charge is -1.99. The molecule has 0 saturated carbocycles. The topological polar surface area (TPSA) is 70.9 Å². The van der Waals surface area contributed by atoms with Crippen LogP contribution < -0.4 is 5.32 Å². The number of aryl methyl sites for hydroxylation is 2. The second kappa shape index (κ2) is 4.28. The van der Waals surface area contributed by atoms with Gasteiger partial charge in [0, 0.05) is 5.39 Å². The molecule has 0 spiro atoms. The molecule has 0 atom stereocenters. The van der Waals surface area contributed by atoms with Gasteiger partial charge in [-0.25, -0.2) is 0 Å². The van der Waals surface area contributed by atoms with Crippen LogP contribution in [0.15, 0.2) is 34.9 Å². The number of hydrogen-bond acceptors (Lipinski definition) is 3. The molecule has 2 N–H and O–H groups in total. The summed E-state index contributed by atoms with van der Waals surface area (Å²) in [5.41, 5.74) is 3.27. The maximum Gasteiger partial charge on any atom is 0.291 e. The number of amides is 1. The van der Waals surface area contributed by atoms with Gasteiger partial charge in [0.05, 0.1) is 17.6 Å². The molecule has 96 valence electrons. The molecular weight excluding hydrogens is 242 g/mol.